The van der Waals surface area contributed by atoms with Gasteiger partial charge in [-0.3, -0.25) is 4.79 Å². The number of imidazole rings is 1. The van der Waals surface area contributed by atoms with Gasteiger partial charge in [0.15, 0.2) is 0 Å². The van der Waals surface area contributed by atoms with Crippen molar-refractivity contribution >= 4 is 16.9 Å². The molecule has 6 nitrogen and oxygen atoms in total. The number of fused-ring (bicyclic) bond motifs is 1. The van der Waals surface area contributed by atoms with Gasteiger partial charge in [0, 0.05) is 13.2 Å². The molecule has 1 aliphatic rings. The Labute approximate surface area is 183 Å². The number of carbonyl (C=O) groups excluding carboxylic acids is 1. The Morgan fingerprint density at radius 3 is 2.81 bits per heavy atom. The second-order valence-electron chi connectivity index (χ2n) is 8.04. The van der Waals surface area contributed by atoms with Gasteiger partial charge < -0.3 is 19.4 Å². The quantitative estimate of drug-likeness (QED) is 0.519. The van der Waals surface area contributed by atoms with E-state index < -0.39 is 0 Å². The SMILES string of the molecule is CCc1ccc(OCCCn2c(C(C)NC(=O)C3CCCO3)nc3ccccc32)cc1. The first kappa shape index (κ1) is 21.4. The minimum atomic E-state index is -0.340. The summed E-state index contributed by atoms with van der Waals surface area (Å²) in [5.74, 6) is 1.70. The van der Waals surface area contributed by atoms with E-state index in [2.05, 4.69) is 35.0 Å². The second kappa shape index (κ2) is 9.96. The zero-order valence-corrected chi connectivity index (χ0v) is 18.3. The second-order valence-corrected chi connectivity index (χ2v) is 8.04. The number of hydrogen-bond donors (Lipinski definition) is 1. The minimum absolute atomic E-state index is 0.0533. The van der Waals surface area contributed by atoms with Crippen LogP contribution in [0.1, 0.15) is 50.5 Å². The molecule has 6 heteroatoms. The van der Waals surface area contributed by atoms with Gasteiger partial charge in [-0.2, -0.15) is 0 Å². The van der Waals surface area contributed by atoms with Crippen molar-refractivity contribution < 1.29 is 14.3 Å². The molecule has 0 spiro atoms. The van der Waals surface area contributed by atoms with Crippen LogP contribution in [0.3, 0.4) is 0 Å². The summed E-state index contributed by atoms with van der Waals surface area (Å²) in [7, 11) is 0. The van der Waals surface area contributed by atoms with Gasteiger partial charge >= 0.3 is 0 Å². The first-order valence-corrected chi connectivity index (χ1v) is 11.2. The Kier molecular flexibility index (Phi) is 6.87. The van der Waals surface area contributed by atoms with Crippen molar-refractivity contribution in [3.05, 3.63) is 59.9 Å². The number of aryl methyl sites for hydroxylation is 2. The average molecular weight is 422 g/mol. The van der Waals surface area contributed by atoms with Crippen LogP contribution in [0.25, 0.3) is 11.0 Å². The highest BCUT2D eigenvalue weighted by Crippen LogP contribution is 2.22. The molecule has 2 atom stereocenters. The maximum Gasteiger partial charge on any atom is 0.249 e. The predicted octanol–water partition coefficient (Wildman–Crippen LogP) is 4.42. The highest BCUT2D eigenvalue weighted by molar-refractivity contribution is 5.81. The van der Waals surface area contributed by atoms with Crippen molar-refractivity contribution in [2.24, 2.45) is 0 Å². The fourth-order valence-electron chi connectivity index (χ4n) is 4.05. The molecule has 0 radical (unpaired) electrons. The van der Waals surface area contributed by atoms with Crippen LogP contribution in [0.5, 0.6) is 5.75 Å². The highest BCUT2D eigenvalue weighted by atomic mass is 16.5. The molecule has 1 fully saturated rings. The lowest BCUT2D eigenvalue weighted by Gasteiger charge is -2.18. The zero-order valence-electron chi connectivity index (χ0n) is 18.3. The number of hydrogen-bond acceptors (Lipinski definition) is 4. The summed E-state index contributed by atoms with van der Waals surface area (Å²) in [4.78, 5) is 17.3. The zero-order chi connectivity index (χ0) is 21.6. The number of rotatable bonds is 9. The molecule has 2 unspecified atom stereocenters. The van der Waals surface area contributed by atoms with Gasteiger partial charge in [-0.15, -0.1) is 0 Å². The maximum absolute atomic E-state index is 12.5. The van der Waals surface area contributed by atoms with E-state index in [1.54, 1.807) is 0 Å². The van der Waals surface area contributed by atoms with E-state index in [-0.39, 0.29) is 18.1 Å². The lowest BCUT2D eigenvalue weighted by atomic mass is 10.2. The van der Waals surface area contributed by atoms with Crippen LogP contribution >= 0.6 is 0 Å². The molecule has 4 rings (SSSR count). The van der Waals surface area contributed by atoms with Crippen molar-refractivity contribution in [2.75, 3.05) is 13.2 Å². The van der Waals surface area contributed by atoms with E-state index in [4.69, 9.17) is 14.5 Å². The first-order valence-electron chi connectivity index (χ1n) is 11.2. The summed E-state index contributed by atoms with van der Waals surface area (Å²) >= 11 is 0. The van der Waals surface area contributed by atoms with E-state index in [0.717, 1.165) is 54.8 Å². The summed E-state index contributed by atoms with van der Waals surface area (Å²) in [5, 5.41) is 3.09. The summed E-state index contributed by atoms with van der Waals surface area (Å²) in [6, 6.07) is 16.2. The van der Waals surface area contributed by atoms with Crippen LogP contribution in [-0.4, -0.2) is 34.8 Å². The average Bonchev–Trinajstić information content (AvgIpc) is 3.46. The number of amides is 1. The minimum Gasteiger partial charge on any atom is -0.494 e. The maximum atomic E-state index is 12.5. The number of ether oxygens (including phenoxy) is 2. The molecular weight excluding hydrogens is 390 g/mol. The van der Waals surface area contributed by atoms with Crippen LogP contribution in [0, 0.1) is 0 Å². The van der Waals surface area contributed by atoms with Crippen LogP contribution in [0.15, 0.2) is 48.5 Å². The Morgan fingerprint density at radius 2 is 2.06 bits per heavy atom. The van der Waals surface area contributed by atoms with Crippen LogP contribution in [0.4, 0.5) is 0 Å². The highest BCUT2D eigenvalue weighted by Gasteiger charge is 2.26. The molecule has 0 saturated carbocycles. The van der Waals surface area contributed by atoms with Crippen molar-refractivity contribution in [3.63, 3.8) is 0 Å². The van der Waals surface area contributed by atoms with E-state index in [1.165, 1.54) is 5.56 Å². The van der Waals surface area contributed by atoms with Crippen molar-refractivity contribution in [2.45, 2.75) is 58.2 Å². The predicted molar refractivity (Wildman–Crippen MR) is 121 cm³/mol. The third kappa shape index (κ3) is 5.07. The third-order valence-electron chi connectivity index (χ3n) is 5.78. The van der Waals surface area contributed by atoms with Crippen molar-refractivity contribution in [1.82, 2.24) is 14.9 Å². The lowest BCUT2D eigenvalue weighted by molar-refractivity contribution is -0.130. The number of nitrogens with zero attached hydrogens (tertiary/aromatic N) is 2. The molecule has 1 aliphatic heterocycles. The largest absolute Gasteiger partial charge is 0.494 e. The van der Waals surface area contributed by atoms with E-state index in [1.807, 2.05) is 37.3 Å². The third-order valence-corrected chi connectivity index (χ3v) is 5.78. The Balaban J connectivity index is 1.42. The van der Waals surface area contributed by atoms with E-state index in [9.17, 15) is 4.79 Å². The van der Waals surface area contributed by atoms with Crippen LogP contribution in [-0.2, 0) is 22.5 Å². The monoisotopic (exact) mass is 421 g/mol. The topological polar surface area (TPSA) is 65.4 Å². The molecule has 1 saturated heterocycles. The van der Waals surface area contributed by atoms with Gasteiger partial charge in [-0.25, -0.2) is 4.98 Å². The lowest BCUT2D eigenvalue weighted by Crippen LogP contribution is -2.36. The number of para-hydroxylation sites is 2. The summed E-state index contributed by atoms with van der Waals surface area (Å²) in [6.07, 6.45) is 3.25. The van der Waals surface area contributed by atoms with Gasteiger partial charge in [0.25, 0.3) is 0 Å². The molecule has 2 aromatic carbocycles. The fraction of sp³-hybridized carbons (Fsp3) is 0.440. The smallest absolute Gasteiger partial charge is 0.249 e. The Morgan fingerprint density at radius 1 is 1.26 bits per heavy atom. The molecule has 1 amide bonds. The molecular formula is C25H31N3O3. The van der Waals surface area contributed by atoms with Gasteiger partial charge in [0.1, 0.15) is 17.7 Å². The van der Waals surface area contributed by atoms with Crippen LogP contribution < -0.4 is 10.1 Å². The molecule has 0 aliphatic carbocycles. The van der Waals surface area contributed by atoms with Gasteiger partial charge in [0.05, 0.1) is 23.7 Å². The first-order chi connectivity index (χ1) is 15.2. The Bertz CT molecular complexity index is 1010. The number of aromatic nitrogens is 2. The summed E-state index contributed by atoms with van der Waals surface area (Å²) in [5.41, 5.74) is 3.32. The molecule has 0 bridgehead atoms. The molecule has 3 aromatic rings. The van der Waals surface area contributed by atoms with Gasteiger partial charge in [-0.05, 0) is 62.4 Å². The van der Waals surface area contributed by atoms with Gasteiger partial charge in [0.2, 0.25) is 5.91 Å². The number of carbonyl (C=O) groups is 1. The molecule has 1 N–H and O–H groups in total. The summed E-state index contributed by atoms with van der Waals surface area (Å²) in [6.45, 7) is 6.17. The fourth-order valence-corrected chi connectivity index (χ4v) is 4.05. The molecule has 31 heavy (non-hydrogen) atoms. The van der Waals surface area contributed by atoms with E-state index >= 15 is 0 Å². The standard InChI is InChI=1S/C25H31N3O3/c1-3-19-11-13-20(14-12-19)30-17-7-15-28-22-9-5-4-8-21(22)27-24(28)18(2)26-25(29)23-10-6-16-31-23/h4-5,8-9,11-14,18,23H,3,6-7,10,15-17H2,1-2H3,(H,26,29). The number of benzene rings is 2. The number of nitrogens with one attached hydrogen (secondary N) is 1. The van der Waals surface area contributed by atoms with Crippen LogP contribution in [0.2, 0.25) is 0 Å². The normalized spacial score (nSPS) is 17.0. The molecule has 164 valence electrons. The summed E-state index contributed by atoms with van der Waals surface area (Å²) < 4.78 is 13.6. The van der Waals surface area contributed by atoms with Gasteiger partial charge in [-0.1, -0.05) is 31.2 Å². The molecule has 1 aromatic heterocycles. The Hall–Kier alpha value is -2.86. The van der Waals surface area contributed by atoms with Crippen molar-refractivity contribution in [1.29, 1.82) is 0 Å². The van der Waals surface area contributed by atoms with E-state index in [0.29, 0.717) is 13.2 Å². The van der Waals surface area contributed by atoms with Crippen molar-refractivity contribution in [3.8, 4) is 5.75 Å². The molecule has 2 heterocycles.